The normalized spacial score (nSPS) is 10.3. The van der Waals surface area contributed by atoms with Gasteiger partial charge < -0.3 is 22.0 Å². The van der Waals surface area contributed by atoms with E-state index in [1.807, 2.05) is 48.5 Å². The summed E-state index contributed by atoms with van der Waals surface area (Å²) in [4.78, 5) is 0. The van der Waals surface area contributed by atoms with E-state index in [0.29, 0.717) is 0 Å². The van der Waals surface area contributed by atoms with E-state index in [1.54, 1.807) is 0 Å². The zero-order chi connectivity index (χ0) is 28.1. The summed E-state index contributed by atoms with van der Waals surface area (Å²) < 4.78 is 48.1. The molecule has 2 nitrogen and oxygen atoms in total. The largest absolute Gasteiger partial charge is 1.00 e. The van der Waals surface area contributed by atoms with Crippen molar-refractivity contribution in [1.29, 1.82) is 0 Å². The Labute approximate surface area is 270 Å². The maximum Gasteiger partial charge on any atom is 1.00 e. The number of benzene rings is 4. The van der Waals surface area contributed by atoms with Crippen LogP contribution in [0.5, 0.6) is 0 Å². The number of halogens is 4. The molecule has 0 radical (unpaired) electrons. The van der Waals surface area contributed by atoms with Gasteiger partial charge in [-0.15, -0.1) is 35.4 Å². The Morgan fingerprint density at radius 1 is 0.561 bits per heavy atom. The topological polar surface area (TPSA) is 9.86 Å². The molecule has 0 atom stereocenters. The minimum atomic E-state index is -3.64. The second-order valence-corrected chi connectivity index (χ2v) is 11.5. The van der Waals surface area contributed by atoms with Crippen LogP contribution < -0.4 is 0 Å². The van der Waals surface area contributed by atoms with Gasteiger partial charge >= 0.3 is 61.8 Å². The van der Waals surface area contributed by atoms with Gasteiger partial charge in [0.25, 0.3) is 5.90 Å². The Kier molecular flexibility index (Phi) is 13.4. The Hall–Kier alpha value is -2.34. The first-order chi connectivity index (χ1) is 18.7. The van der Waals surface area contributed by atoms with Gasteiger partial charge in [0, 0.05) is 52.3 Å². The van der Waals surface area contributed by atoms with E-state index in [9.17, 15) is 16.8 Å². The van der Waals surface area contributed by atoms with Crippen molar-refractivity contribution < 1.29 is 61.5 Å². The number of rotatable bonds is 2. The van der Waals surface area contributed by atoms with Crippen molar-refractivity contribution in [2.24, 2.45) is 14.1 Å². The van der Waals surface area contributed by atoms with E-state index < -0.39 is 23.0 Å². The molecule has 0 aliphatic heterocycles. The number of nitrogens with zero attached hydrogens (tertiary/aromatic N) is 2. The number of aromatic nitrogens is 2. The minimum absolute atomic E-state index is 0. The summed E-state index contributed by atoms with van der Waals surface area (Å²) in [6, 6.07) is 28.7. The van der Waals surface area contributed by atoms with Crippen LogP contribution in [-0.4, -0.2) is 15.0 Å². The third-order valence-corrected chi connectivity index (χ3v) is 8.52. The van der Waals surface area contributed by atoms with Crippen LogP contribution in [0.4, 0.5) is 16.8 Å². The fourth-order valence-corrected chi connectivity index (χ4v) is 5.39. The van der Waals surface area contributed by atoms with Crippen LogP contribution in [0, 0.1) is 24.7 Å². The molecule has 0 saturated heterocycles. The molecule has 216 valence electrons. The maximum absolute atomic E-state index is 10.9. The number of para-hydroxylation sites is 2. The molecule has 41 heavy (non-hydrogen) atoms. The zero-order valence-electron chi connectivity index (χ0n) is 21.8. The molecule has 0 fully saturated rings. The van der Waals surface area contributed by atoms with Crippen molar-refractivity contribution in [3.05, 3.63) is 109 Å². The molecule has 0 bridgehead atoms. The molecule has 0 unspecified atom stereocenters. The van der Waals surface area contributed by atoms with Gasteiger partial charge in [-0.1, -0.05) is 48.5 Å². The molecule has 0 saturated carbocycles. The van der Waals surface area contributed by atoms with Gasteiger partial charge in [-0.05, 0) is 34.3 Å². The molecule has 6 rings (SSSR count). The molecule has 0 N–H and O–H groups in total. The fourth-order valence-electron chi connectivity index (χ4n) is 4.58. The summed E-state index contributed by atoms with van der Waals surface area (Å²) in [5.41, 5.74) is 6.43. The van der Waals surface area contributed by atoms with Crippen LogP contribution in [-0.2, 0) is 58.9 Å². The van der Waals surface area contributed by atoms with Crippen LogP contribution in [0.25, 0.3) is 43.6 Å². The fraction of sp³-hybridized carbons (Fsp3) is 0.0968. The van der Waals surface area contributed by atoms with Gasteiger partial charge in [0.2, 0.25) is 0 Å². The molecule has 2 aromatic heterocycles. The van der Waals surface area contributed by atoms with E-state index in [2.05, 4.69) is 71.5 Å². The Morgan fingerprint density at radius 2 is 0.976 bits per heavy atom. The quantitative estimate of drug-likeness (QED) is 0.0539. The molecule has 0 amide bonds. The van der Waals surface area contributed by atoms with Crippen LogP contribution in [0.15, 0.2) is 84.9 Å². The van der Waals surface area contributed by atoms with Gasteiger partial charge in [0.05, 0.1) is 0 Å². The van der Waals surface area contributed by atoms with Crippen molar-refractivity contribution >= 4 is 60.7 Å². The van der Waals surface area contributed by atoms with Gasteiger partial charge in [-0.3, -0.25) is 11.8 Å². The summed E-state index contributed by atoms with van der Waals surface area (Å²) in [7, 11) is -3.16. The van der Waals surface area contributed by atoms with E-state index in [0.717, 1.165) is 16.6 Å². The minimum Gasteiger partial charge on any atom is -0.366 e. The van der Waals surface area contributed by atoms with Crippen molar-refractivity contribution in [2.45, 2.75) is 0 Å². The summed E-state index contributed by atoms with van der Waals surface area (Å²) in [5.74, 6) is 3.76. The van der Waals surface area contributed by atoms with Crippen molar-refractivity contribution in [1.82, 2.24) is 9.13 Å². The van der Waals surface area contributed by atoms with Gasteiger partial charge in [-0.2, -0.15) is 0 Å². The van der Waals surface area contributed by atoms with Gasteiger partial charge in [0.1, 0.15) is 0 Å². The summed E-state index contributed by atoms with van der Waals surface area (Å²) >= 11 is 0. The average molecular weight is 956 g/mol. The van der Waals surface area contributed by atoms with E-state index in [4.69, 9.17) is 12.8 Å². The molecule has 2 heterocycles. The van der Waals surface area contributed by atoms with Crippen molar-refractivity contribution in [3.63, 3.8) is 0 Å². The Balaban J connectivity index is 0.000000226. The summed E-state index contributed by atoms with van der Waals surface area (Å²) in [5, 5.41) is 4.92. The van der Waals surface area contributed by atoms with Crippen LogP contribution in [0.1, 0.15) is 11.1 Å². The zero-order valence-corrected chi connectivity index (χ0v) is 28.1. The van der Waals surface area contributed by atoms with Crippen LogP contribution in [0.2, 0.25) is 0 Å². The standard InChI is InChI=1S/2C15H10N.CH2F4P2.2Au/c1-3-11-8-9-15-13(10-11)12-6-4-5-7-14(12)16(15)2;1-3-11-8-9-13-12-6-4-5-7-14(12)16(2)15(13)10-11;2-6(3)1-7(4)5;;/h2*4-10H,2H3;1H2;;/q2*-1;;2*+1/p+2. The monoisotopic (exact) mass is 956 g/mol. The second-order valence-electron chi connectivity index (χ2n) is 8.72. The van der Waals surface area contributed by atoms with E-state index in [1.165, 1.54) is 38.1 Å². The smallest absolute Gasteiger partial charge is 0.366 e. The summed E-state index contributed by atoms with van der Waals surface area (Å²) in [6.45, 7) is 0. The number of aryl methyl sites for hydroxylation is 2. The molecule has 0 aliphatic rings. The number of hydrogen-bond acceptors (Lipinski definition) is 0. The van der Waals surface area contributed by atoms with E-state index >= 15 is 0 Å². The molecule has 10 heteroatoms. The second kappa shape index (κ2) is 15.8. The predicted molar refractivity (Wildman–Crippen MR) is 159 cm³/mol. The van der Waals surface area contributed by atoms with Crippen LogP contribution in [0.3, 0.4) is 0 Å². The van der Waals surface area contributed by atoms with Crippen molar-refractivity contribution in [2.75, 3.05) is 5.90 Å². The van der Waals surface area contributed by atoms with Crippen molar-refractivity contribution in [3.8, 4) is 11.8 Å². The third-order valence-electron chi connectivity index (χ3n) is 6.38. The molecular weight excluding hydrogens is 932 g/mol. The molecular formula is C31H24Au2F4N2P2+2. The third kappa shape index (κ3) is 7.94. The van der Waals surface area contributed by atoms with Gasteiger partial charge in [0.15, 0.2) is 0 Å². The first-order valence-electron chi connectivity index (χ1n) is 11.9. The first-order valence-corrected chi connectivity index (χ1v) is 14.8. The van der Waals surface area contributed by atoms with Crippen LogP contribution >= 0.6 is 17.1 Å². The van der Waals surface area contributed by atoms with E-state index in [-0.39, 0.29) is 44.8 Å². The predicted octanol–water partition coefficient (Wildman–Crippen LogP) is 9.44. The SMILES string of the molecule is F[PH+](F)C[PH+](F)F.[Au+].[Au+].[C-]#Cc1ccc2c(c1)c1ccccc1n2C.[C-]#Cc1ccc2c3ccccc3n(C)c2c1. The Bertz CT molecular complexity index is 1860. The molecule has 0 spiro atoms. The number of hydrogen-bond donors (Lipinski definition) is 0. The van der Waals surface area contributed by atoms with Gasteiger partial charge in [-0.25, -0.2) is 0 Å². The Morgan fingerprint density at radius 3 is 1.49 bits per heavy atom. The average Bonchev–Trinajstić information content (AvgIpc) is 3.39. The number of fused-ring (bicyclic) bond motifs is 6. The summed E-state index contributed by atoms with van der Waals surface area (Å²) in [6.07, 6.45) is 14.3. The molecule has 4 aromatic carbocycles. The maximum atomic E-state index is 10.9. The first kappa shape index (κ1) is 34.9. The molecule has 0 aliphatic carbocycles. The molecule has 6 aromatic rings.